The second kappa shape index (κ2) is 13.1. The minimum absolute atomic E-state index is 0.0493. The number of likely N-dealkylation sites (N-methyl/N-ethyl adjacent to an activating group) is 1. The van der Waals surface area contributed by atoms with Gasteiger partial charge in [-0.1, -0.05) is 68.2 Å². The number of Topliss-reactive ketones (excluding diaryl/α,β-unsaturated/α-hetero) is 1. The molecule has 0 aromatic carbocycles. The van der Waals surface area contributed by atoms with Crippen molar-refractivity contribution in [2.45, 2.75) is 98.8 Å². The van der Waals surface area contributed by atoms with Gasteiger partial charge in [0.25, 0.3) is 17.7 Å². The summed E-state index contributed by atoms with van der Waals surface area (Å²) in [6.07, 6.45) is 5.00. The van der Waals surface area contributed by atoms with Crippen molar-refractivity contribution in [2.75, 3.05) is 20.1 Å². The maximum atomic E-state index is 14.4. The molecular formula is C36H51N7O7. The molecule has 0 bridgehead atoms. The smallest absolute Gasteiger partial charge is 0.315 e. The van der Waals surface area contributed by atoms with Crippen LogP contribution in [-0.4, -0.2) is 100 Å². The number of rotatable bonds is 11. The van der Waals surface area contributed by atoms with Crippen LogP contribution in [0.25, 0.3) is 0 Å². The first-order valence-electron chi connectivity index (χ1n) is 17.4. The Morgan fingerprint density at radius 3 is 2.14 bits per heavy atom. The fourth-order valence-electron chi connectivity index (χ4n) is 7.43. The third-order valence-electron chi connectivity index (χ3n) is 11.0. The number of ketones is 1. The number of hydrogen-bond acceptors (Lipinski definition) is 8. The molecule has 1 aromatic rings. The van der Waals surface area contributed by atoms with Crippen LogP contribution >= 0.6 is 0 Å². The summed E-state index contributed by atoms with van der Waals surface area (Å²) in [4.78, 5) is 100. The molecular weight excluding hydrogens is 642 g/mol. The third kappa shape index (κ3) is 7.11. The fraction of sp³-hybridized carbons (Fsp3) is 0.667. The number of aromatic nitrogens is 1. The topological polar surface area (TPSA) is 187 Å². The monoisotopic (exact) mass is 693 g/mol. The predicted molar refractivity (Wildman–Crippen MR) is 182 cm³/mol. The van der Waals surface area contributed by atoms with E-state index in [2.05, 4.69) is 26.3 Å². The maximum Gasteiger partial charge on any atom is 0.315 e. The van der Waals surface area contributed by atoms with Gasteiger partial charge >= 0.3 is 6.03 Å². The summed E-state index contributed by atoms with van der Waals surface area (Å²) in [7, 11) is 1.37. The molecule has 1 aromatic heterocycles. The maximum absolute atomic E-state index is 14.4. The molecule has 6 atom stereocenters. The van der Waals surface area contributed by atoms with Crippen LogP contribution in [0.2, 0.25) is 0 Å². The van der Waals surface area contributed by atoms with E-state index in [0.29, 0.717) is 13.0 Å². The van der Waals surface area contributed by atoms with Gasteiger partial charge in [0.1, 0.15) is 12.1 Å². The second-order valence-corrected chi connectivity index (χ2v) is 17.1. The van der Waals surface area contributed by atoms with E-state index in [1.807, 2.05) is 55.4 Å². The molecule has 3 fully saturated rings. The molecule has 3 heterocycles. The van der Waals surface area contributed by atoms with E-state index in [1.54, 1.807) is 0 Å². The lowest BCUT2D eigenvalue weighted by molar-refractivity contribution is -0.145. The molecule has 1 saturated heterocycles. The van der Waals surface area contributed by atoms with E-state index >= 15 is 0 Å². The Morgan fingerprint density at radius 1 is 0.940 bits per heavy atom. The number of hydrogen-bond donors (Lipinski definition) is 4. The molecule has 50 heavy (non-hydrogen) atoms. The third-order valence-corrected chi connectivity index (χ3v) is 11.0. The number of imide groups is 1. The van der Waals surface area contributed by atoms with Crippen LogP contribution < -0.4 is 21.3 Å². The number of nitrogens with zero attached hydrogens (tertiary/aromatic N) is 3. The average Bonchev–Trinajstić information content (AvgIpc) is 3.86. The van der Waals surface area contributed by atoms with Gasteiger partial charge in [0.15, 0.2) is 0 Å². The van der Waals surface area contributed by atoms with E-state index in [1.165, 1.54) is 30.4 Å². The highest BCUT2D eigenvalue weighted by molar-refractivity contribution is 6.38. The van der Waals surface area contributed by atoms with Gasteiger partial charge in [0.05, 0.1) is 29.8 Å². The zero-order valence-corrected chi connectivity index (χ0v) is 30.5. The Labute approximate surface area is 293 Å². The summed E-state index contributed by atoms with van der Waals surface area (Å²) in [6, 6.07) is -2.80. The SMILES string of the molecule is CNC(=O)C(=O)C(CC1CC1)NC(=O)[C@@H]1C2[C@H](CN1C(=O)[C@@H](NC(=O)N[C@H](CN1C(=O)c3ccncc3C1=O)C(C)(C)C)C(C)(C)C)C2(C)C. The molecule has 2 saturated carbocycles. The number of piperidine rings is 1. The molecule has 14 heteroatoms. The average molecular weight is 694 g/mol. The predicted octanol–water partition coefficient (Wildman–Crippen LogP) is 1.89. The highest BCUT2D eigenvalue weighted by atomic mass is 16.2. The molecule has 7 amide bonds. The molecule has 2 unspecified atom stereocenters. The van der Waals surface area contributed by atoms with Crippen LogP contribution in [0.1, 0.15) is 95.4 Å². The normalized spacial score (nSPS) is 24.1. The largest absolute Gasteiger partial charge is 0.353 e. The van der Waals surface area contributed by atoms with Gasteiger partial charge < -0.3 is 26.2 Å². The van der Waals surface area contributed by atoms with Gasteiger partial charge in [-0.15, -0.1) is 0 Å². The number of nitrogens with one attached hydrogen (secondary N) is 4. The van der Waals surface area contributed by atoms with Crippen molar-refractivity contribution in [3.05, 3.63) is 29.6 Å². The van der Waals surface area contributed by atoms with Gasteiger partial charge in [-0.2, -0.15) is 0 Å². The van der Waals surface area contributed by atoms with Crippen molar-refractivity contribution in [3.8, 4) is 0 Å². The number of carbonyl (C=O) groups excluding carboxylic acids is 7. The van der Waals surface area contributed by atoms with Crippen LogP contribution in [0, 0.1) is 34.0 Å². The summed E-state index contributed by atoms with van der Waals surface area (Å²) < 4.78 is 0. The number of carbonyl (C=O) groups is 7. The van der Waals surface area contributed by atoms with E-state index in [9.17, 15) is 33.6 Å². The van der Waals surface area contributed by atoms with E-state index < -0.39 is 76.3 Å². The second-order valence-electron chi connectivity index (χ2n) is 17.1. The van der Waals surface area contributed by atoms with E-state index in [4.69, 9.17) is 0 Å². The number of fused-ring (bicyclic) bond motifs is 2. The van der Waals surface area contributed by atoms with Crippen molar-refractivity contribution < 1.29 is 33.6 Å². The molecule has 4 N–H and O–H groups in total. The highest BCUT2D eigenvalue weighted by Gasteiger charge is 2.70. The highest BCUT2D eigenvalue weighted by Crippen LogP contribution is 2.65. The lowest BCUT2D eigenvalue weighted by atomic mass is 9.85. The Kier molecular flexibility index (Phi) is 9.65. The number of urea groups is 1. The van der Waals surface area contributed by atoms with Crippen LogP contribution in [-0.2, 0) is 19.2 Å². The Bertz CT molecular complexity index is 1570. The van der Waals surface area contributed by atoms with Crippen molar-refractivity contribution >= 4 is 41.4 Å². The molecule has 5 rings (SSSR count). The molecule has 14 nitrogen and oxygen atoms in total. The fourth-order valence-corrected chi connectivity index (χ4v) is 7.43. The Hall–Kier alpha value is -4.36. The molecule has 2 aliphatic carbocycles. The molecule has 0 spiro atoms. The van der Waals surface area contributed by atoms with Crippen molar-refractivity contribution in [1.82, 2.24) is 36.1 Å². The summed E-state index contributed by atoms with van der Waals surface area (Å²) in [5, 5.41) is 10.9. The van der Waals surface area contributed by atoms with Crippen LogP contribution in [0.15, 0.2) is 18.5 Å². The lowest BCUT2D eigenvalue weighted by Gasteiger charge is -2.39. The number of pyridine rings is 1. The zero-order chi connectivity index (χ0) is 37.1. The van der Waals surface area contributed by atoms with Gasteiger partial charge in [-0.25, -0.2) is 4.79 Å². The minimum Gasteiger partial charge on any atom is -0.353 e. The molecule has 272 valence electrons. The first kappa shape index (κ1) is 36.9. The van der Waals surface area contributed by atoms with Crippen LogP contribution in [0.4, 0.5) is 4.79 Å². The van der Waals surface area contributed by atoms with Gasteiger partial charge in [-0.3, -0.25) is 38.7 Å². The van der Waals surface area contributed by atoms with Crippen molar-refractivity contribution in [1.29, 1.82) is 0 Å². The quantitative estimate of drug-likeness (QED) is 0.200. The molecule has 0 radical (unpaired) electrons. The van der Waals surface area contributed by atoms with E-state index in [0.717, 1.165) is 17.7 Å². The number of amides is 7. The molecule has 2 aliphatic heterocycles. The zero-order valence-electron chi connectivity index (χ0n) is 30.5. The lowest BCUT2D eigenvalue weighted by Crippen LogP contribution is -2.63. The Morgan fingerprint density at radius 2 is 1.58 bits per heavy atom. The first-order chi connectivity index (χ1) is 23.2. The first-order valence-corrected chi connectivity index (χ1v) is 17.4. The van der Waals surface area contributed by atoms with Crippen LogP contribution in [0.3, 0.4) is 0 Å². The summed E-state index contributed by atoms with van der Waals surface area (Å²) in [6.45, 7) is 15.4. The standard InChI is InChI=1S/C36H51N7O7/c1-34(2,3)23(17-43-30(47)19-12-13-38-15-20(19)31(43)48)40-33(50)41-27(35(4,5)6)32(49)42-16-21-24(36(21,7)8)25(42)28(45)39-22(14-18-10-11-18)26(44)29(46)37-9/h12-13,15,18,21-25,27H,10-11,14,16-17H2,1-9H3,(H,37,46)(H,39,45)(H2,40,41,50)/t21-,22?,23+,24?,25-,27+/m0/s1. The number of likely N-dealkylation sites (tertiary alicyclic amines) is 1. The van der Waals surface area contributed by atoms with Crippen LogP contribution in [0.5, 0.6) is 0 Å². The van der Waals surface area contributed by atoms with Gasteiger partial charge in [-0.05, 0) is 46.5 Å². The van der Waals surface area contributed by atoms with Crippen molar-refractivity contribution in [2.24, 2.45) is 34.0 Å². The minimum atomic E-state index is -1.06. The van der Waals surface area contributed by atoms with Gasteiger partial charge in [0.2, 0.25) is 17.6 Å². The van der Waals surface area contributed by atoms with Crippen molar-refractivity contribution in [3.63, 3.8) is 0 Å². The Balaban J connectivity index is 1.33. The summed E-state index contributed by atoms with van der Waals surface area (Å²) in [5.74, 6) is -3.24. The van der Waals surface area contributed by atoms with E-state index in [-0.39, 0.29) is 40.8 Å². The molecule has 4 aliphatic rings. The summed E-state index contributed by atoms with van der Waals surface area (Å²) in [5.41, 5.74) is -1.13. The van der Waals surface area contributed by atoms with Gasteiger partial charge in [0, 0.05) is 26.0 Å². The summed E-state index contributed by atoms with van der Waals surface area (Å²) >= 11 is 0.